The first-order valence-corrected chi connectivity index (χ1v) is 8.10. The van der Waals surface area contributed by atoms with Crippen molar-refractivity contribution < 1.29 is 9.18 Å². The monoisotopic (exact) mass is 289 g/mol. The van der Waals surface area contributed by atoms with Crippen LogP contribution < -0.4 is 0 Å². The molecule has 4 atom stereocenters. The highest BCUT2D eigenvalue weighted by Gasteiger charge is 2.47. The summed E-state index contributed by atoms with van der Waals surface area (Å²) < 4.78 is 13.8. The largest absolute Gasteiger partial charge is 0.342 e. The predicted octanol–water partition coefficient (Wildman–Crippen LogP) is 3.97. The molecule has 2 aliphatic rings. The highest BCUT2D eigenvalue weighted by Crippen LogP contribution is 2.49. The summed E-state index contributed by atoms with van der Waals surface area (Å²) in [6, 6.07) is 7.23. The first kappa shape index (κ1) is 14.6. The molecule has 0 heterocycles. The molecular formula is C18H24FNO. The lowest BCUT2D eigenvalue weighted by Gasteiger charge is -2.36. The molecule has 0 aromatic heterocycles. The second-order valence-electron chi connectivity index (χ2n) is 6.75. The van der Waals surface area contributed by atoms with Crippen LogP contribution >= 0.6 is 0 Å². The first-order chi connectivity index (χ1) is 10.1. The lowest BCUT2D eigenvalue weighted by atomic mass is 9.85. The van der Waals surface area contributed by atoms with Crippen LogP contribution in [0.4, 0.5) is 4.39 Å². The zero-order chi connectivity index (χ0) is 15.0. The molecule has 0 saturated heterocycles. The van der Waals surface area contributed by atoms with Crippen molar-refractivity contribution in [3.63, 3.8) is 0 Å². The second-order valence-corrected chi connectivity index (χ2v) is 6.75. The fourth-order valence-electron chi connectivity index (χ4n) is 3.88. The van der Waals surface area contributed by atoms with E-state index in [1.165, 1.54) is 25.3 Å². The van der Waals surface area contributed by atoms with Crippen molar-refractivity contribution in [3.8, 4) is 0 Å². The molecule has 2 aliphatic carbocycles. The van der Waals surface area contributed by atoms with E-state index in [-0.39, 0.29) is 23.6 Å². The minimum Gasteiger partial charge on any atom is -0.342 e. The van der Waals surface area contributed by atoms with Crippen LogP contribution in [0.5, 0.6) is 0 Å². The predicted molar refractivity (Wildman–Crippen MR) is 81.4 cm³/mol. The molecule has 2 nitrogen and oxygen atoms in total. The Morgan fingerprint density at radius 3 is 2.67 bits per heavy atom. The van der Waals surface area contributed by atoms with Crippen molar-refractivity contribution in [2.75, 3.05) is 7.05 Å². The highest BCUT2D eigenvalue weighted by atomic mass is 19.1. The Morgan fingerprint density at radius 2 is 1.95 bits per heavy atom. The minimum atomic E-state index is -0.175. The standard InChI is InChI=1S/C18H24FNO/c1-12-7-3-6-10-17(12)20(2)18(21)15-11-14(15)13-8-4-5-9-16(13)19/h4-5,8-9,12,14-15,17H,3,6-7,10-11H2,1-2H3. The number of carbonyl (C=O) groups excluding carboxylic acids is 1. The fourth-order valence-corrected chi connectivity index (χ4v) is 3.88. The van der Waals surface area contributed by atoms with Crippen molar-refractivity contribution >= 4 is 5.91 Å². The van der Waals surface area contributed by atoms with E-state index in [4.69, 9.17) is 0 Å². The molecule has 114 valence electrons. The molecule has 3 heteroatoms. The van der Waals surface area contributed by atoms with Gasteiger partial charge in [0.25, 0.3) is 0 Å². The quantitative estimate of drug-likeness (QED) is 0.824. The van der Waals surface area contributed by atoms with Gasteiger partial charge in [0, 0.05) is 19.0 Å². The number of amides is 1. The van der Waals surface area contributed by atoms with E-state index in [9.17, 15) is 9.18 Å². The molecule has 0 spiro atoms. The van der Waals surface area contributed by atoms with Crippen LogP contribution in [0.25, 0.3) is 0 Å². The third kappa shape index (κ3) is 2.83. The van der Waals surface area contributed by atoms with Gasteiger partial charge < -0.3 is 4.90 Å². The maximum absolute atomic E-state index is 13.8. The Morgan fingerprint density at radius 1 is 1.24 bits per heavy atom. The topological polar surface area (TPSA) is 20.3 Å². The normalized spacial score (nSPS) is 31.8. The van der Waals surface area contributed by atoms with Crippen LogP contribution in [0.1, 0.15) is 50.5 Å². The number of nitrogens with zero attached hydrogens (tertiary/aromatic N) is 1. The number of benzene rings is 1. The van der Waals surface area contributed by atoms with Gasteiger partial charge in [-0.1, -0.05) is 38.0 Å². The number of hydrogen-bond acceptors (Lipinski definition) is 1. The average molecular weight is 289 g/mol. The SMILES string of the molecule is CC1CCCCC1N(C)C(=O)C1CC1c1ccccc1F. The molecule has 21 heavy (non-hydrogen) atoms. The van der Waals surface area contributed by atoms with Crippen molar-refractivity contribution in [1.29, 1.82) is 0 Å². The van der Waals surface area contributed by atoms with E-state index >= 15 is 0 Å². The molecular weight excluding hydrogens is 265 g/mol. The Balaban J connectivity index is 1.66. The van der Waals surface area contributed by atoms with Crippen LogP contribution in [0.3, 0.4) is 0 Å². The molecule has 1 amide bonds. The molecule has 4 unspecified atom stereocenters. The molecule has 0 radical (unpaired) electrons. The van der Waals surface area contributed by atoms with Crippen LogP contribution in [0.2, 0.25) is 0 Å². The lowest BCUT2D eigenvalue weighted by Crippen LogP contribution is -2.43. The molecule has 2 fully saturated rings. The molecule has 3 rings (SSSR count). The fraction of sp³-hybridized carbons (Fsp3) is 0.611. The summed E-state index contributed by atoms with van der Waals surface area (Å²) in [4.78, 5) is 14.6. The van der Waals surface area contributed by atoms with E-state index in [1.54, 1.807) is 6.07 Å². The Kier molecular flexibility index (Phi) is 4.01. The maximum Gasteiger partial charge on any atom is 0.226 e. The van der Waals surface area contributed by atoms with E-state index < -0.39 is 0 Å². The van der Waals surface area contributed by atoms with Gasteiger partial charge in [-0.2, -0.15) is 0 Å². The van der Waals surface area contributed by atoms with Gasteiger partial charge in [0.1, 0.15) is 5.82 Å². The van der Waals surface area contributed by atoms with Crippen molar-refractivity contribution in [3.05, 3.63) is 35.6 Å². The zero-order valence-corrected chi connectivity index (χ0v) is 12.9. The number of rotatable bonds is 3. The van der Waals surface area contributed by atoms with Crippen molar-refractivity contribution in [2.24, 2.45) is 11.8 Å². The summed E-state index contributed by atoms with van der Waals surface area (Å²) >= 11 is 0. The van der Waals surface area contributed by atoms with Crippen LogP contribution in [0.15, 0.2) is 24.3 Å². The van der Waals surface area contributed by atoms with Gasteiger partial charge in [0.2, 0.25) is 5.91 Å². The number of hydrogen-bond donors (Lipinski definition) is 0. The Bertz CT molecular complexity index is 530. The first-order valence-electron chi connectivity index (χ1n) is 8.10. The van der Waals surface area contributed by atoms with Gasteiger partial charge in [-0.25, -0.2) is 4.39 Å². The molecule has 0 aliphatic heterocycles. The number of carbonyl (C=O) groups is 1. The molecule has 1 aromatic carbocycles. The van der Waals surface area contributed by atoms with Crippen LogP contribution in [0, 0.1) is 17.7 Å². The van der Waals surface area contributed by atoms with Gasteiger partial charge in [0.05, 0.1) is 0 Å². The second kappa shape index (κ2) is 5.78. The third-order valence-corrected chi connectivity index (χ3v) is 5.32. The van der Waals surface area contributed by atoms with Crippen LogP contribution in [-0.2, 0) is 4.79 Å². The summed E-state index contributed by atoms with van der Waals surface area (Å²) in [5, 5.41) is 0. The number of halogens is 1. The smallest absolute Gasteiger partial charge is 0.226 e. The zero-order valence-electron chi connectivity index (χ0n) is 12.9. The molecule has 1 aromatic rings. The van der Waals surface area contributed by atoms with E-state index in [0.717, 1.165) is 12.8 Å². The summed E-state index contributed by atoms with van der Waals surface area (Å²) in [6.07, 6.45) is 5.62. The summed E-state index contributed by atoms with van der Waals surface area (Å²) in [6.45, 7) is 2.24. The maximum atomic E-state index is 13.8. The summed E-state index contributed by atoms with van der Waals surface area (Å²) in [7, 11) is 1.94. The third-order valence-electron chi connectivity index (χ3n) is 5.32. The molecule has 2 saturated carbocycles. The lowest BCUT2D eigenvalue weighted by molar-refractivity contribution is -0.135. The summed E-state index contributed by atoms with van der Waals surface area (Å²) in [5.41, 5.74) is 0.709. The van der Waals surface area contributed by atoms with Gasteiger partial charge in [0.15, 0.2) is 0 Å². The van der Waals surface area contributed by atoms with Crippen molar-refractivity contribution in [2.45, 2.75) is 51.0 Å². The average Bonchev–Trinajstić information content (AvgIpc) is 3.27. The van der Waals surface area contributed by atoms with Gasteiger partial charge in [-0.05, 0) is 42.7 Å². The minimum absolute atomic E-state index is 0.0129. The molecule has 0 N–H and O–H groups in total. The Hall–Kier alpha value is -1.38. The van der Waals surface area contributed by atoms with E-state index in [1.807, 2.05) is 24.1 Å². The van der Waals surface area contributed by atoms with Crippen molar-refractivity contribution in [1.82, 2.24) is 4.90 Å². The van der Waals surface area contributed by atoms with Gasteiger partial charge in [-0.3, -0.25) is 4.79 Å². The molecule has 0 bridgehead atoms. The van der Waals surface area contributed by atoms with E-state index in [0.29, 0.717) is 17.5 Å². The Labute approximate surface area is 126 Å². The van der Waals surface area contributed by atoms with E-state index in [2.05, 4.69) is 6.92 Å². The van der Waals surface area contributed by atoms with Crippen LogP contribution in [-0.4, -0.2) is 23.9 Å². The van der Waals surface area contributed by atoms with Gasteiger partial charge >= 0.3 is 0 Å². The van der Waals surface area contributed by atoms with Gasteiger partial charge in [-0.15, -0.1) is 0 Å². The summed E-state index contributed by atoms with van der Waals surface area (Å²) in [5.74, 6) is 0.688. The highest BCUT2D eigenvalue weighted by molar-refractivity contribution is 5.83.